The number of unbranched alkanes of at least 4 members (excludes halogenated alkanes) is 21. The molecular formula is C36H70O9. The lowest BCUT2D eigenvalue weighted by Gasteiger charge is -2.24. The predicted molar refractivity (Wildman–Crippen MR) is 181 cm³/mol. The van der Waals surface area contributed by atoms with E-state index in [0.29, 0.717) is 12.8 Å². The van der Waals surface area contributed by atoms with Crippen molar-refractivity contribution in [1.29, 1.82) is 0 Å². The number of carbonyl (C=O) groups is 2. The molecule has 0 rings (SSSR count). The van der Waals surface area contributed by atoms with Gasteiger partial charge in [-0.1, -0.05) is 135 Å². The van der Waals surface area contributed by atoms with Gasteiger partial charge in [0.05, 0.1) is 6.10 Å². The number of rotatable bonds is 32. The second-order valence-electron chi connectivity index (χ2n) is 12.5. The van der Waals surface area contributed by atoms with Crippen molar-refractivity contribution in [1.82, 2.24) is 0 Å². The fraction of sp³-hybridized carbons (Fsp3) is 0.889. The highest BCUT2D eigenvalue weighted by molar-refractivity contribution is 5.72. The highest BCUT2D eigenvalue weighted by atomic mass is 16.4. The molecule has 268 valence electrons. The Morgan fingerprint density at radius 1 is 0.533 bits per heavy atom. The minimum atomic E-state index is -2.10. The molecule has 0 aliphatic carbocycles. The maximum atomic E-state index is 10.5. The van der Waals surface area contributed by atoms with E-state index in [4.69, 9.17) is 20.4 Å². The van der Waals surface area contributed by atoms with Crippen LogP contribution < -0.4 is 0 Å². The number of aliphatic hydroxyl groups is 5. The highest BCUT2D eigenvalue weighted by Crippen LogP contribution is 2.15. The van der Waals surface area contributed by atoms with Gasteiger partial charge in [-0.05, 0) is 44.9 Å². The number of aliphatic carboxylic acids is 2. The lowest BCUT2D eigenvalue weighted by atomic mass is 9.98. The van der Waals surface area contributed by atoms with E-state index in [-0.39, 0.29) is 13.0 Å². The second-order valence-corrected chi connectivity index (χ2v) is 12.5. The molecule has 0 heterocycles. The SMILES string of the molecule is CCCCCCCC/C=C\CCCCCCCC(=O)O.O=C(O)C(O)C(O)C(O)C(O)CCCCCCCCCCCCCO. The number of hydrogen-bond acceptors (Lipinski definition) is 7. The van der Waals surface area contributed by atoms with Crippen LogP contribution in [0.3, 0.4) is 0 Å². The molecule has 0 fully saturated rings. The maximum Gasteiger partial charge on any atom is 0.335 e. The zero-order valence-corrected chi connectivity index (χ0v) is 28.5. The van der Waals surface area contributed by atoms with Crippen LogP contribution in [0.15, 0.2) is 12.2 Å². The normalized spacial score (nSPS) is 14.1. The van der Waals surface area contributed by atoms with Gasteiger partial charge in [-0.15, -0.1) is 0 Å². The van der Waals surface area contributed by atoms with E-state index in [1.165, 1.54) is 103 Å². The van der Waals surface area contributed by atoms with Gasteiger partial charge in [0.15, 0.2) is 6.10 Å². The van der Waals surface area contributed by atoms with Crippen LogP contribution in [0.1, 0.15) is 174 Å². The Hall–Kier alpha value is -1.52. The van der Waals surface area contributed by atoms with Crippen molar-refractivity contribution in [3.63, 3.8) is 0 Å². The molecule has 0 aliphatic rings. The van der Waals surface area contributed by atoms with Gasteiger partial charge in [0, 0.05) is 13.0 Å². The molecule has 0 spiro atoms. The molecular weight excluding hydrogens is 576 g/mol. The molecule has 0 amide bonds. The molecule has 4 unspecified atom stereocenters. The smallest absolute Gasteiger partial charge is 0.335 e. The number of hydrogen-bond donors (Lipinski definition) is 7. The summed E-state index contributed by atoms with van der Waals surface area (Å²) in [5.74, 6) is -2.30. The van der Waals surface area contributed by atoms with E-state index in [1.807, 2.05) is 0 Å². The van der Waals surface area contributed by atoms with Crippen LogP contribution in [-0.4, -0.2) is 78.7 Å². The molecule has 0 aromatic heterocycles. The molecule has 0 bridgehead atoms. The predicted octanol–water partition coefficient (Wildman–Crippen LogP) is 7.30. The van der Waals surface area contributed by atoms with Gasteiger partial charge in [0.2, 0.25) is 0 Å². The average molecular weight is 647 g/mol. The third kappa shape index (κ3) is 33.7. The summed E-state index contributed by atoms with van der Waals surface area (Å²) in [5.41, 5.74) is 0. The molecule has 9 nitrogen and oxygen atoms in total. The van der Waals surface area contributed by atoms with E-state index in [0.717, 1.165) is 44.9 Å². The molecule has 0 aromatic rings. The number of aliphatic hydroxyl groups excluding tert-OH is 5. The number of carboxylic acids is 2. The van der Waals surface area contributed by atoms with Crippen molar-refractivity contribution < 1.29 is 45.3 Å². The Morgan fingerprint density at radius 3 is 1.36 bits per heavy atom. The molecule has 0 saturated carbocycles. The van der Waals surface area contributed by atoms with Crippen LogP contribution in [-0.2, 0) is 9.59 Å². The molecule has 45 heavy (non-hydrogen) atoms. The van der Waals surface area contributed by atoms with Crippen molar-refractivity contribution >= 4 is 11.9 Å². The van der Waals surface area contributed by atoms with Crippen molar-refractivity contribution in [2.45, 2.75) is 198 Å². The third-order valence-electron chi connectivity index (χ3n) is 8.13. The van der Waals surface area contributed by atoms with Crippen LogP contribution in [0.2, 0.25) is 0 Å². The number of allylic oxidation sites excluding steroid dienone is 2. The zero-order chi connectivity index (χ0) is 34.0. The number of carboxylic acid groups (broad SMARTS) is 2. The van der Waals surface area contributed by atoms with Crippen LogP contribution in [0, 0.1) is 0 Å². The summed E-state index contributed by atoms with van der Waals surface area (Å²) in [4.78, 5) is 20.9. The summed E-state index contributed by atoms with van der Waals surface area (Å²) in [5, 5.41) is 63.8. The fourth-order valence-corrected chi connectivity index (χ4v) is 5.13. The van der Waals surface area contributed by atoms with Crippen LogP contribution in [0.4, 0.5) is 0 Å². The van der Waals surface area contributed by atoms with E-state index in [2.05, 4.69) is 19.1 Å². The molecule has 4 atom stereocenters. The largest absolute Gasteiger partial charge is 0.481 e. The van der Waals surface area contributed by atoms with Gasteiger partial charge in [-0.25, -0.2) is 4.79 Å². The zero-order valence-electron chi connectivity index (χ0n) is 28.5. The first-order valence-electron chi connectivity index (χ1n) is 18.1. The second kappa shape index (κ2) is 35.3. The average Bonchev–Trinajstić information content (AvgIpc) is 3.02. The van der Waals surface area contributed by atoms with Gasteiger partial charge in [-0.3, -0.25) is 4.79 Å². The van der Waals surface area contributed by atoms with Crippen molar-refractivity contribution in [2.75, 3.05) is 6.61 Å². The third-order valence-corrected chi connectivity index (χ3v) is 8.13. The highest BCUT2D eigenvalue weighted by Gasteiger charge is 2.33. The summed E-state index contributed by atoms with van der Waals surface area (Å²) in [6.45, 7) is 2.54. The maximum absolute atomic E-state index is 10.5. The van der Waals surface area contributed by atoms with Gasteiger partial charge in [0.25, 0.3) is 0 Å². The van der Waals surface area contributed by atoms with Gasteiger partial charge < -0.3 is 35.7 Å². The van der Waals surface area contributed by atoms with E-state index >= 15 is 0 Å². The first-order valence-corrected chi connectivity index (χ1v) is 18.1. The van der Waals surface area contributed by atoms with Crippen molar-refractivity contribution in [2.24, 2.45) is 0 Å². The molecule has 0 saturated heterocycles. The van der Waals surface area contributed by atoms with Crippen molar-refractivity contribution in [3.8, 4) is 0 Å². The lowest BCUT2D eigenvalue weighted by molar-refractivity contribution is -0.163. The summed E-state index contributed by atoms with van der Waals surface area (Å²) in [7, 11) is 0. The standard InChI is InChI=1S/C18H36O7.C18H34O2/c19-13-11-9-7-5-3-1-2-4-6-8-10-12-14(20)15(21)16(22)17(23)18(24)25;1-2-3-4-5-6-7-8-9-10-11-12-13-14-15-16-17-18(19)20/h14-17,19-23H,1-13H2,(H,24,25);9-10H,2-8,11-17H2,1H3,(H,19,20)/b;10-9-. The molecule has 9 heteroatoms. The fourth-order valence-electron chi connectivity index (χ4n) is 5.13. The topological polar surface area (TPSA) is 176 Å². The summed E-state index contributed by atoms with van der Waals surface area (Å²) in [6.07, 6.45) is 26.3. The first-order chi connectivity index (χ1) is 21.7. The lowest BCUT2D eigenvalue weighted by Crippen LogP contribution is -2.47. The van der Waals surface area contributed by atoms with Crippen molar-refractivity contribution in [3.05, 3.63) is 12.2 Å². The Labute approximate surface area is 274 Å². The first kappa shape index (κ1) is 45.6. The van der Waals surface area contributed by atoms with Gasteiger partial charge >= 0.3 is 11.9 Å². The monoisotopic (exact) mass is 647 g/mol. The van der Waals surface area contributed by atoms with E-state index in [1.54, 1.807) is 0 Å². The van der Waals surface area contributed by atoms with Gasteiger partial charge in [-0.2, -0.15) is 0 Å². The molecule has 7 N–H and O–H groups in total. The summed E-state index contributed by atoms with van der Waals surface area (Å²) < 4.78 is 0. The van der Waals surface area contributed by atoms with Gasteiger partial charge in [0.1, 0.15) is 12.2 Å². The minimum absolute atomic E-state index is 0.259. The Balaban J connectivity index is 0. The Bertz CT molecular complexity index is 671. The van der Waals surface area contributed by atoms with E-state index < -0.39 is 36.4 Å². The van der Waals surface area contributed by atoms with Crippen LogP contribution in [0.5, 0.6) is 0 Å². The molecule has 0 aromatic carbocycles. The minimum Gasteiger partial charge on any atom is -0.481 e. The Morgan fingerprint density at radius 2 is 0.933 bits per heavy atom. The summed E-state index contributed by atoms with van der Waals surface area (Å²) >= 11 is 0. The summed E-state index contributed by atoms with van der Waals surface area (Å²) in [6, 6.07) is 0. The quantitative estimate of drug-likeness (QED) is 0.0292. The van der Waals surface area contributed by atoms with E-state index in [9.17, 15) is 24.9 Å². The molecule has 0 aliphatic heterocycles. The Kier molecular flexibility index (Phi) is 35.8. The molecule has 0 radical (unpaired) electrons. The van der Waals surface area contributed by atoms with Crippen LogP contribution in [0.25, 0.3) is 0 Å². The van der Waals surface area contributed by atoms with Crippen LogP contribution >= 0.6 is 0 Å².